The Morgan fingerprint density at radius 3 is 3.11 bits per heavy atom. The van der Waals surface area contributed by atoms with Gasteiger partial charge in [-0.1, -0.05) is 11.6 Å². The number of halogens is 1. The van der Waals surface area contributed by atoms with Gasteiger partial charge in [0.2, 0.25) is 6.29 Å². The van der Waals surface area contributed by atoms with Gasteiger partial charge in [0.15, 0.2) is 0 Å². The molecule has 2 atom stereocenters. The van der Waals surface area contributed by atoms with Gasteiger partial charge in [-0.15, -0.1) is 0 Å². The molecule has 18 heavy (non-hydrogen) atoms. The lowest BCUT2D eigenvalue weighted by Crippen LogP contribution is -2.15. The van der Waals surface area contributed by atoms with Crippen LogP contribution in [0.4, 0.5) is 0 Å². The van der Waals surface area contributed by atoms with Crippen molar-refractivity contribution in [3.05, 3.63) is 39.2 Å². The van der Waals surface area contributed by atoms with Crippen LogP contribution in [0.3, 0.4) is 0 Å². The highest BCUT2D eigenvalue weighted by molar-refractivity contribution is 6.31. The summed E-state index contributed by atoms with van der Waals surface area (Å²) in [5.74, 6) is 0.554. The van der Waals surface area contributed by atoms with Gasteiger partial charge in [-0.3, -0.25) is 0 Å². The molecule has 4 nitrogen and oxygen atoms in total. The van der Waals surface area contributed by atoms with Crippen LogP contribution in [0.25, 0.3) is 11.0 Å². The molecule has 1 aromatic carbocycles. The summed E-state index contributed by atoms with van der Waals surface area (Å²) in [6.07, 6.45) is 0.432. The lowest BCUT2D eigenvalue weighted by atomic mass is 9.99. The monoisotopic (exact) mass is 264 g/mol. The molecular weight excluding hydrogens is 256 g/mol. The van der Waals surface area contributed by atoms with E-state index in [9.17, 15) is 4.79 Å². The van der Waals surface area contributed by atoms with Crippen molar-refractivity contribution in [1.82, 2.24) is 0 Å². The van der Waals surface area contributed by atoms with Gasteiger partial charge in [0.1, 0.15) is 11.3 Å². The molecular formula is C13H9ClO4. The molecule has 5 heteroatoms. The summed E-state index contributed by atoms with van der Waals surface area (Å²) in [7, 11) is 0. The molecule has 0 radical (unpaired) electrons. The first-order valence-corrected chi connectivity index (χ1v) is 6.16. The summed E-state index contributed by atoms with van der Waals surface area (Å²) >= 11 is 5.97. The highest BCUT2D eigenvalue weighted by atomic mass is 35.5. The molecule has 0 amide bonds. The fraction of sp³-hybridized carbons (Fsp3) is 0.308. The summed E-state index contributed by atoms with van der Waals surface area (Å²) in [6, 6.07) is 5.11. The first-order valence-electron chi connectivity index (χ1n) is 5.78. The molecule has 0 aliphatic carbocycles. The molecule has 1 saturated heterocycles. The highest BCUT2D eigenvalue weighted by Gasteiger charge is 2.43. The molecule has 0 bridgehead atoms. The van der Waals surface area contributed by atoms with Crippen molar-refractivity contribution in [2.45, 2.75) is 18.6 Å². The fourth-order valence-electron chi connectivity index (χ4n) is 2.68. The van der Waals surface area contributed by atoms with Gasteiger partial charge in [0.05, 0.1) is 23.5 Å². The minimum Gasteiger partial charge on any atom is -0.463 e. The maximum atomic E-state index is 12.0. The predicted molar refractivity (Wildman–Crippen MR) is 65.2 cm³/mol. The second kappa shape index (κ2) is 3.49. The molecule has 2 aliphatic heterocycles. The van der Waals surface area contributed by atoms with E-state index in [4.69, 9.17) is 25.5 Å². The highest BCUT2D eigenvalue weighted by Crippen LogP contribution is 2.45. The Hall–Kier alpha value is -1.52. The van der Waals surface area contributed by atoms with E-state index < -0.39 is 0 Å². The average molecular weight is 265 g/mol. The van der Waals surface area contributed by atoms with Crippen molar-refractivity contribution in [3.63, 3.8) is 0 Å². The Bertz CT molecular complexity index is 706. The van der Waals surface area contributed by atoms with Crippen LogP contribution in [-0.2, 0) is 4.74 Å². The largest absolute Gasteiger partial charge is 0.463 e. The van der Waals surface area contributed by atoms with Crippen molar-refractivity contribution < 1.29 is 13.9 Å². The molecule has 3 heterocycles. The Morgan fingerprint density at radius 2 is 2.22 bits per heavy atom. The number of hydrogen-bond acceptors (Lipinski definition) is 4. The number of hydrogen-bond donors (Lipinski definition) is 0. The van der Waals surface area contributed by atoms with Crippen LogP contribution < -0.4 is 10.4 Å². The minimum absolute atomic E-state index is 0.0142. The van der Waals surface area contributed by atoms with Crippen LogP contribution >= 0.6 is 11.6 Å². The van der Waals surface area contributed by atoms with Crippen molar-refractivity contribution in [2.75, 3.05) is 6.61 Å². The van der Waals surface area contributed by atoms with Gasteiger partial charge < -0.3 is 13.9 Å². The molecule has 2 aliphatic rings. The summed E-state index contributed by atoms with van der Waals surface area (Å²) in [6.45, 7) is 0.613. The predicted octanol–water partition coefficient (Wildman–Crippen LogP) is 2.67. The van der Waals surface area contributed by atoms with Crippen LogP contribution in [0.2, 0.25) is 5.02 Å². The van der Waals surface area contributed by atoms with Crippen molar-refractivity contribution >= 4 is 22.6 Å². The molecule has 92 valence electrons. The van der Waals surface area contributed by atoms with Crippen LogP contribution in [0.15, 0.2) is 27.4 Å². The van der Waals surface area contributed by atoms with Gasteiger partial charge in [-0.25, -0.2) is 4.79 Å². The van der Waals surface area contributed by atoms with Gasteiger partial charge >= 0.3 is 5.63 Å². The summed E-state index contributed by atoms with van der Waals surface area (Å²) in [5.41, 5.74) is 0.744. The summed E-state index contributed by atoms with van der Waals surface area (Å²) < 4.78 is 16.5. The topological polar surface area (TPSA) is 48.7 Å². The van der Waals surface area contributed by atoms with E-state index in [-0.39, 0.29) is 17.8 Å². The Balaban J connectivity index is 2.08. The number of rotatable bonds is 0. The standard InChI is InChI=1S/C13H9ClO4/c14-6-1-2-9-8(5-6)11-10(12(15)17-9)7-3-4-16-13(7)18-11/h1-2,5,7,13H,3-4H2/t7-,13+/m1/s1. The molecule has 0 unspecified atom stereocenters. The van der Waals surface area contributed by atoms with Gasteiger partial charge in [-0.2, -0.15) is 0 Å². The first-order chi connectivity index (χ1) is 8.74. The Morgan fingerprint density at radius 1 is 1.33 bits per heavy atom. The zero-order chi connectivity index (χ0) is 12.3. The Labute approximate surface area is 107 Å². The zero-order valence-corrected chi connectivity index (χ0v) is 10.1. The van der Waals surface area contributed by atoms with Crippen LogP contribution in [0.1, 0.15) is 17.9 Å². The maximum absolute atomic E-state index is 12.0. The van der Waals surface area contributed by atoms with Crippen LogP contribution in [0, 0.1) is 0 Å². The second-order valence-corrected chi connectivity index (χ2v) is 4.96. The van der Waals surface area contributed by atoms with E-state index in [1.807, 2.05) is 0 Å². The molecule has 1 aromatic heterocycles. The van der Waals surface area contributed by atoms with E-state index in [0.717, 1.165) is 11.8 Å². The van der Waals surface area contributed by atoms with Gasteiger partial charge in [-0.05, 0) is 24.6 Å². The normalized spacial score (nSPS) is 24.9. The summed E-state index contributed by atoms with van der Waals surface area (Å²) in [5, 5.41) is 1.32. The third-order valence-corrected chi connectivity index (χ3v) is 3.73. The van der Waals surface area contributed by atoms with Crippen LogP contribution in [0.5, 0.6) is 5.75 Å². The number of benzene rings is 1. The lowest BCUT2D eigenvalue weighted by molar-refractivity contribution is -0.0330. The van der Waals surface area contributed by atoms with E-state index >= 15 is 0 Å². The molecule has 4 rings (SSSR count). The maximum Gasteiger partial charge on any atom is 0.343 e. The Kier molecular flexibility index (Phi) is 2.02. The fourth-order valence-corrected chi connectivity index (χ4v) is 2.86. The van der Waals surface area contributed by atoms with E-state index in [1.54, 1.807) is 18.2 Å². The van der Waals surface area contributed by atoms with E-state index in [0.29, 0.717) is 28.5 Å². The third-order valence-electron chi connectivity index (χ3n) is 3.50. The van der Waals surface area contributed by atoms with Crippen molar-refractivity contribution in [2.24, 2.45) is 0 Å². The smallest absolute Gasteiger partial charge is 0.343 e. The minimum atomic E-state index is -0.354. The molecule has 0 N–H and O–H groups in total. The number of ether oxygens (including phenoxy) is 2. The quantitative estimate of drug-likeness (QED) is 0.687. The van der Waals surface area contributed by atoms with Crippen molar-refractivity contribution in [3.8, 4) is 5.75 Å². The third kappa shape index (κ3) is 1.27. The summed E-state index contributed by atoms with van der Waals surface area (Å²) in [4.78, 5) is 12.0. The van der Waals surface area contributed by atoms with Crippen LogP contribution in [-0.4, -0.2) is 12.9 Å². The molecule has 0 spiro atoms. The van der Waals surface area contributed by atoms with Gasteiger partial charge in [0, 0.05) is 5.02 Å². The second-order valence-electron chi connectivity index (χ2n) is 4.53. The zero-order valence-electron chi connectivity index (χ0n) is 9.31. The average Bonchev–Trinajstić information content (AvgIpc) is 2.90. The van der Waals surface area contributed by atoms with E-state index in [1.165, 1.54) is 0 Å². The van der Waals surface area contributed by atoms with Gasteiger partial charge in [0.25, 0.3) is 0 Å². The number of fused-ring (bicyclic) bond motifs is 5. The molecule has 0 saturated carbocycles. The first kappa shape index (κ1) is 10.4. The SMILES string of the molecule is O=c1oc2ccc(Cl)cc2c2c1[C@H]1CCO[C@H]1O2. The lowest BCUT2D eigenvalue weighted by Gasteiger charge is -2.07. The van der Waals surface area contributed by atoms with Crippen molar-refractivity contribution in [1.29, 1.82) is 0 Å². The molecule has 1 fully saturated rings. The molecule has 2 aromatic rings. The van der Waals surface area contributed by atoms with E-state index in [2.05, 4.69) is 0 Å².